The zero-order chi connectivity index (χ0) is 14.8. The maximum atomic E-state index is 12.7. The molecule has 0 radical (unpaired) electrons. The molecule has 2 heterocycles. The second-order valence-electron chi connectivity index (χ2n) is 5.28. The highest BCUT2D eigenvalue weighted by molar-refractivity contribution is 8.01. The predicted octanol–water partition coefficient (Wildman–Crippen LogP) is 1.41. The number of carboxylic acid groups (broad SMARTS) is 1. The normalized spacial score (nSPS) is 24.7. The Bertz CT molecular complexity index is 537. The van der Waals surface area contributed by atoms with Crippen molar-refractivity contribution in [2.75, 3.05) is 19.8 Å². The summed E-state index contributed by atoms with van der Waals surface area (Å²) in [7, 11) is 0. The van der Waals surface area contributed by atoms with E-state index in [1.165, 1.54) is 5.56 Å². The fraction of sp³-hybridized carbons (Fsp3) is 0.467. The van der Waals surface area contributed by atoms with Crippen LogP contribution in [0.1, 0.15) is 12.0 Å². The summed E-state index contributed by atoms with van der Waals surface area (Å²) in [5, 5.41) is 8.83. The van der Waals surface area contributed by atoms with E-state index < -0.39 is 5.97 Å². The van der Waals surface area contributed by atoms with Gasteiger partial charge in [-0.25, -0.2) is 0 Å². The van der Waals surface area contributed by atoms with Crippen molar-refractivity contribution in [3.8, 4) is 0 Å². The number of aliphatic carboxylic acids is 1. The van der Waals surface area contributed by atoms with Gasteiger partial charge in [-0.05, 0) is 18.1 Å². The Hall–Kier alpha value is -1.53. The minimum absolute atomic E-state index is 0.0331. The van der Waals surface area contributed by atoms with Gasteiger partial charge in [0.1, 0.15) is 0 Å². The number of hydrogen-bond acceptors (Lipinski definition) is 4. The molecule has 0 bridgehead atoms. The fourth-order valence-corrected chi connectivity index (χ4v) is 4.09. The van der Waals surface area contributed by atoms with Gasteiger partial charge in [0.2, 0.25) is 5.91 Å². The van der Waals surface area contributed by atoms with Crippen molar-refractivity contribution in [2.24, 2.45) is 0 Å². The van der Waals surface area contributed by atoms with Crippen molar-refractivity contribution in [3.63, 3.8) is 0 Å². The second kappa shape index (κ2) is 6.07. The first kappa shape index (κ1) is 14.4. The van der Waals surface area contributed by atoms with E-state index >= 15 is 0 Å². The summed E-state index contributed by atoms with van der Waals surface area (Å²) >= 11 is 1.58. The predicted molar refractivity (Wildman–Crippen MR) is 78.4 cm³/mol. The molecule has 0 spiro atoms. The summed E-state index contributed by atoms with van der Waals surface area (Å²) in [6.45, 7) is 1.26. The molecule has 0 aromatic heterocycles. The number of benzene rings is 1. The SMILES string of the molecule is O=C(O)CC1COCCN1C(=O)C1Cc2ccccc2S1. The molecule has 3 rings (SSSR count). The third kappa shape index (κ3) is 3.06. The van der Waals surface area contributed by atoms with Crippen LogP contribution in [0.25, 0.3) is 0 Å². The Balaban J connectivity index is 1.71. The van der Waals surface area contributed by atoms with Crippen molar-refractivity contribution in [1.82, 2.24) is 4.90 Å². The summed E-state index contributed by atoms with van der Waals surface area (Å²) in [5.74, 6) is -0.864. The number of ether oxygens (including phenoxy) is 1. The highest BCUT2D eigenvalue weighted by Crippen LogP contribution is 2.38. The maximum Gasteiger partial charge on any atom is 0.305 e. The maximum absolute atomic E-state index is 12.7. The Morgan fingerprint density at radius 1 is 1.38 bits per heavy atom. The number of carboxylic acids is 1. The molecule has 2 unspecified atom stereocenters. The van der Waals surface area contributed by atoms with E-state index in [1.54, 1.807) is 16.7 Å². The lowest BCUT2D eigenvalue weighted by molar-refractivity contribution is -0.146. The van der Waals surface area contributed by atoms with E-state index in [1.807, 2.05) is 24.3 Å². The van der Waals surface area contributed by atoms with E-state index in [2.05, 4.69) is 0 Å². The molecule has 1 N–H and O–H groups in total. The van der Waals surface area contributed by atoms with E-state index in [0.29, 0.717) is 19.8 Å². The van der Waals surface area contributed by atoms with E-state index in [0.717, 1.165) is 11.3 Å². The van der Waals surface area contributed by atoms with Gasteiger partial charge in [0.15, 0.2) is 0 Å². The van der Waals surface area contributed by atoms with E-state index in [9.17, 15) is 9.59 Å². The molecule has 112 valence electrons. The van der Waals surface area contributed by atoms with Gasteiger partial charge in [0, 0.05) is 11.4 Å². The highest BCUT2D eigenvalue weighted by Gasteiger charge is 2.36. The molecule has 1 saturated heterocycles. The summed E-state index contributed by atoms with van der Waals surface area (Å²) in [4.78, 5) is 26.5. The number of nitrogens with zero attached hydrogens (tertiary/aromatic N) is 1. The number of hydrogen-bond donors (Lipinski definition) is 1. The van der Waals surface area contributed by atoms with Crippen LogP contribution in [0.15, 0.2) is 29.2 Å². The zero-order valence-electron chi connectivity index (χ0n) is 11.5. The summed E-state index contributed by atoms with van der Waals surface area (Å²) in [6, 6.07) is 7.67. The van der Waals surface area contributed by atoms with Gasteiger partial charge in [-0.3, -0.25) is 9.59 Å². The molecule has 0 saturated carbocycles. The Labute approximate surface area is 127 Å². The molecule has 1 aromatic rings. The van der Waals surface area contributed by atoms with Crippen molar-refractivity contribution >= 4 is 23.6 Å². The monoisotopic (exact) mass is 307 g/mol. The average molecular weight is 307 g/mol. The minimum atomic E-state index is -0.898. The molecular weight excluding hydrogens is 290 g/mol. The van der Waals surface area contributed by atoms with Crippen molar-refractivity contribution in [3.05, 3.63) is 29.8 Å². The Morgan fingerprint density at radius 2 is 2.19 bits per heavy atom. The molecule has 1 aromatic carbocycles. The molecule has 0 aliphatic carbocycles. The number of carbonyl (C=O) groups is 2. The molecule has 2 aliphatic heterocycles. The number of thioether (sulfide) groups is 1. The topological polar surface area (TPSA) is 66.8 Å². The second-order valence-corrected chi connectivity index (χ2v) is 6.52. The zero-order valence-corrected chi connectivity index (χ0v) is 12.3. The lowest BCUT2D eigenvalue weighted by atomic mass is 10.1. The van der Waals surface area contributed by atoms with Gasteiger partial charge in [0.25, 0.3) is 0 Å². The number of morpholine rings is 1. The van der Waals surface area contributed by atoms with Crippen LogP contribution in [-0.2, 0) is 20.7 Å². The van der Waals surface area contributed by atoms with Gasteiger partial charge in [-0.15, -0.1) is 11.8 Å². The third-order valence-corrected chi connectivity index (χ3v) is 5.15. The Morgan fingerprint density at radius 3 is 2.95 bits per heavy atom. The Kier molecular flexibility index (Phi) is 4.17. The van der Waals surface area contributed by atoms with Crippen molar-refractivity contribution in [2.45, 2.75) is 29.0 Å². The van der Waals surface area contributed by atoms with Crippen LogP contribution < -0.4 is 0 Å². The van der Waals surface area contributed by atoms with Gasteiger partial charge in [-0.1, -0.05) is 18.2 Å². The molecule has 2 aliphatic rings. The fourth-order valence-electron chi connectivity index (χ4n) is 2.82. The van der Waals surface area contributed by atoms with Gasteiger partial charge < -0.3 is 14.7 Å². The van der Waals surface area contributed by atoms with Crippen LogP contribution in [0.4, 0.5) is 0 Å². The number of amides is 1. The molecule has 1 amide bonds. The van der Waals surface area contributed by atoms with Gasteiger partial charge in [-0.2, -0.15) is 0 Å². The molecular formula is C15H17NO4S. The van der Waals surface area contributed by atoms with Crippen molar-refractivity contribution in [1.29, 1.82) is 0 Å². The number of carbonyl (C=O) groups excluding carboxylic acids is 1. The third-order valence-electron chi connectivity index (χ3n) is 3.84. The molecule has 5 nitrogen and oxygen atoms in total. The summed E-state index contributed by atoms with van der Waals surface area (Å²) < 4.78 is 5.32. The van der Waals surface area contributed by atoms with Gasteiger partial charge >= 0.3 is 5.97 Å². The number of rotatable bonds is 3. The quantitative estimate of drug-likeness (QED) is 0.914. The van der Waals surface area contributed by atoms with Crippen LogP contribution in [0, 0.1) is 0 Å². The molecule has 21 heavy (non-hydrogen) atoms. The minimum Gasteiger partial charge on any atom is -0.481 e. The average Bonchev–Trinajstić information content (AvgIpc) is 2.90. The highest BCUT2D eigenvalue weighted by atomic mass is 32.2. The largest absolute Gasteiger partial charge is 0.481 e. The van der Waals surface area contributed by atoms with Crippen LogP contribution in [-0.4, -0.2) is 52.9 Å². The standard InChI is InChI=1S/C15H17NO4S/c17-14(18)8-11-9-20-6-5-16(11)15(19)13-7-10-3-1-2-4-12(10)21-13/h1-4,11,13H,5-9H2,(H,17,18). The summed E-state index contributed by atoms with van der Waals surface area (Å²) in [5.41, 5.74) is 1.20. The van der Waals surface area contributed by atoms with E-state index in [4.69, 9.17) is 9.84 Å². The van der Waals surface area contributed by atoms with Gasteiger partial charge in [0.05, 0.1) is 30.9 Å². The molecule has 1 fully saturated rings. The van der Waals surface area contributed by atoms with Crippen LogP contribution in [0.3, 0.4) is 0 Å². The lowest BCUT2D eigenvalue weighted by Crippen LogP contribution is -2.52. The first-order chi connectivity index (χ1) is 10.1. The lowest BCUT2D eigenvalue weighted by Gasteiger charge is -2.36. The summed E-state index contributed by atoms with van der Waals surface area (Å²) in [6.07, 6.45) is 0.660. The van der Waals surface area contributed by atoms with Crippen LogP contribution in [0.2, 0.25) is 0 Å². The first-order valence-corrected chi connectivity index (χ1v) is 7.87. The first-order valence-electron chi connectivity index (χ1n) is 6.99. The molecule has 2 atom stereocenters. The molecule has 6 heteroatoms. The van der Waals surface area contributed by atoms with E-state index in [-0.39, 0.29) is 23.6 Å². The number of fused-ring (bicyclic) bond motifs is 1. The van der Waals surface area contributed by atoms with Crippen LogP contribution >= 0.6 is 11.8 Å². The smallest absolute Gasteiger partial charge is 0.305 e. The van der Waals surface area contributed by atoms with Crippen molar-refractivity contribution < 1.29 is 19.4 Å². The van der Waals surface area contributed by atoms with Crippen LogP contribution in [0.5, 0.6) is 0 Å².